The molecule has 142 valence electrons. The zero-order valence-corrected chi connectivity index (χ0v) is 15.6. The molecule has 27 heavy (non-hydrogen) atoms. The van der Waals surface area contributed by atoms with Gasteiger partial charge in [0.25, 0.3) is 0 Å². The average Bonchev–Trinajstić information content (AvgIpc) is 3.51. The Hall–Kier alpha value is -2.40. The topological polar surface area (TPSA) is 75.4 Å². The van der Waals surface area contributed by atoms with Crippen molar-refractivity contribution in [2.24, 2.45) is 17.6 Å². The standard InChI is InChI=1S/C22H27N3O2/c23-10-11-24-21(26)16-7-4-12-25(14-16)22(27)20-13-19(20)18-9-3-6-15-5-1-2-8-17(15)18/h1-3,5-6,8-9,16,19-20H,4,7,10-14,23H2,(H,24,26). The number of benzene rings is 2. The maximum absolute atomic E-state index is 13.0. The lowest BCUT2D eigenvalue weighted by atomic mass is 9.96. The fourth-order valence-corrected chi connectivity index (χ4v) is 4.35. The van der Waals surface area contributed by atoms with E-state index in [1.165, 1.54) is 16.3 Å². The predicted molar refractivity (Wildman–Crippen MR) is 106 cm³/mol. The van der Waals surface area contributed by atoms with Crippen molar-refractivity contribution in [2.45, 2.75) is 25.2 Å². The summed E-state index contributed by atoms with van der Waals surface area (Å²) in [6.07, 6.45) is 2.64. The first kappa shape index (κ1) is 18.0. The van der Waals surface area contributed by atoms with Gasteiger partial charge in [0.2, 0.25) is 11.8 Å². The Labute approximate surface area is 159 Å². The van der Waals surface area contributed by atoms with E-state index in [0.717, 1.165) is 25.8 Å². The normalized spacial score (nSPS) is 24.6. The van der Waals surface area contributed by atoms with E-state index in [-0.39, 0.29) is 23.7 Å². The van der Waals surface area contributed by atoms with Crippen molar-refractivity contribution in [2.75, 3.05) is 26.2 Å². The number of nitrogens with two attached hydrogens (primary N) is 1. The minimum Gasteiger partial charge on any atom is -0.355 e. The van der Waals surface area contributed by atoms with Gasteiger partial charge in [-0.05, 0) is 41.5 Å². The minimum atomic E-state index is -0.107. The number of fused-ring (bicyclic) bond motifs is 1. The number of hydrogen-bond acceptors (Lipinski definition) is 3. The Kier molecular flexibility index (Phi) is 5.12. The summed E-state index contributed by atoms with van der Waals surface area (Å²) in [6, 6.07) is 14.7. The number of hydrogen-bond donors (Lipinski definition) is 2. The number of nitrogens with one attached hydrogen (secondary N) is 1. The van der Waals surface area contributed by atoms with Gasteiger partial charge < -0.3 is 16.0 Å². The van der Waals surface area contributed by atoms with Gasteiger partial charge in [0.05, 0.1) is 5.92 Å². The lowest BCUT2D eigenvalue weighted by Crippen LogP contribution is -2.46. The fraction of sp³-hybridized carbons (Fsp3) is 0.455. The van der Waals surface area contributed by atoms with E-state index < -0.39 is 0 Å². The van der Waals surface area contributed by atoms with Gasteiger partial charge in [-0.1, -0.05) is 42.5 Å². The molecule has 1 heterocycles. The van der Waals surface area contributed by atoms with Crippen molar-refractivity contribution < 1.29 is 9.59 Å². The zero-order chi connectivity index (χ0) is 18.8. The monoisotopic (exact) mass is 365 g/mol. The third kappa shape index (κ3) is 3.69. The summed E-state index contributed by atoms with van der Waals surface area (Å²) in [5, 5.41) is 5.33. The Bertz CT molecular complexity index is 845. The van der Waals surface area contributed by atoms with E-state index in [4.69, 9.17) is 5.73 Å². The summed E-state index contributed by atoms with van der Waals surface area (Å²) in [7, 11) is 0. The molecular formula is C22H27N3O2. The van der Waals surface area contributed by atoms with Crippen LogP contribution in [0.1, 0.15) is 30.7 Å². The molecule has 1 aliphatic heterocycles. The Balaban J connectivity index is 1.43. The van der Waals surface area contributed by atoms with Gasteiger partial charge in [0.15, 0.2) is 0 Å². The number of piperidine rings is 1. The van der Waals surface area contributed by atoms with Crippen LogP contribution in [0.3, 0.4) is 0 Å². The first-order valence-electron chi connectivity index (χ1n) is 9.93. The van der Waals surface area contributed by atoms with Crippen molar-refractivity contribution >= 4 is 22.6 Å². The van der Waals surface area contributed by atoms with E-state index in [1.54, 1.807) is 0 Å². The molecular weight excluding hydrogens is 338 g/mol. The maximum Gasteiger partial charge on any atom is 0.226 e. The summed E-state index contributed by atoms with van der Waals surface area (Å²) >= 11 is 0. The van der Waals surface area contributed by atoms with Crippen LogP contribution in [0.2, 0.25) is 0 Å². The molecule has 2 fully saturated rings. The SMILES string of the molecule is NCCNC(=O)C1CCCN(C(=O)C2CC2c2cccc3ccccc23)C1. The Morgan fingerprint density at radius 3 is 2.81 bits per heavy atom. The highest BCUT2D eigenvalue weighted by atomic mass is 16.2. The largest absolute Gasteiger partial charge is 0.355 e. The van der Waals surface area contributed by atoms with Crippen LogP contribution in [0, 0.1) is 11.8 Å². The third-order valence-corrected chi connectivity index (χ3v) is 5.88. The molecule has 2 aromatic carbocycles. The van der Waals surface area contributed by atoms with Crippen LogP contribution >= 0.6 is 0 Å². The predicted octanol–water partition coefficient (Wildman–Crippen LogP) is 2.26. The van der Waals surface area contributed by atoms with E-state index in [1.807, 2.05) is 11.0 Å². The van der Waals surface area contributed by atoms with Crippen LogP contribution in [-0.2, 0) is 9.59 Å². The third-order valence-electron chi connectivity index (χ3n) is 5.88. The maximum atomic E-state index is 13.0. The van der Waals surface area contributed by atoms with Crippen LogP contribution in [0.25, 0.3) is 10.8 Å². The van der Waals surface area contributed by atoms with E-state index >= 15 is 0 Å². The van der Waals surface area contributed by atoms with Crippen molar-refractivity contribution in [3.05, 3.63) is 48.0 Å². The summed E-state index contributed by atoms with van der Waals surface area (Å²) in [5.74, 6) is 0.490. The van der Waals surface area contributed by atoms with Crippen molar-refractivity contribution in [3.63, 3.8) is 0 Å². The number of nitrogens with zero attached hydrogens (tertiary/aromatic N) is 1. The number of carbonyl (C=O) groups excluding carboxylic acids is 2. The summed E-state index contributed by atoms with van der Waals surface area (Å²) in [6.45, 7) is 2.23. The van der Waals surface area contributed by atoms with E-state index in [9.17, 15) is 9.59 Å². The second kappa shape index (κ2) is 7.69. The molecule has 3 unspecified atom stereocenters. The Morgan fingerprint density at radius 1 is 1.15 bits per heavy atom. The second-order valence-corrected chi connectivity index (χ2v) is 7.72. The van der Waals surface area contributed by atoms with E-state index in [0.29, 0.717) is 25.6 Å². The highest BCUT2D eigenvalue weighted by molar-refractivity contribution is 5.90. The molecule has 0 spiro atoms. The molecule has 3 N–H and O–H groups in total. The van der Waals surface area contributed by atoms with Crippen molar-refractivity contribution in [1.29, 1.82) is 0 Å². The van der Waals surface area contributed by atoms with Gasteiger partial charge >= 0.3 is 0 Å². The highest BCUT2D eigenvalue weighted by Gasteiger charge is 2.47. The highest BCUT2D eigenvalue weighted by Crippen LogP contribution is 2.50. The molecule has 4 rings (SSSR count). The minimum absolute atomic E-state index is 0.0272. The fourth-order valence-electron chi connectivity index (χ4n) is 4.35. The molecule has 1 aliphatic carbocycles. The summed E-state index contributed by atoms with van der Waals surface area (Å²) < 4.78 is 0. The summed E-state index contributed by atoms with van der Waals surface area (Å²) in [4.78, 5) is 27.2. The van der Waals surface area contributed by atoms with Gasteiger partial charge in [0.1, 0.15) is 0 Å². The van der Waals surface area contributed by atoms with E-state index in [2.05, 4.69) is 41.7 Å². The second-order valence-electron chi connectivity index (χ2n) is 7.72. The molecule has 0 radical (unpaired) electrons. The van der Waals surface area contributed by atoms with Crippen LogP contribution in [0.15, 0.2) is 42.5 Å². The molecule has 0 bridgehead atoms. The van der Waals surface area contributed by atoms with Gasteiger partial charge in [0, 0.05) is 32.1 Å². The molecule has 2 aromatic rings. The Morgan fingerprint density at radius 2 is 1.96 bits per heavy atom. The van der Waals surface area contributed by atoms with Gasteiger partial charge in [-0.2, -0.15) is 0 Å². The van der Waals surface area contributed by atoms with Gasteiger partial charge in [-0.3, -0.25) is 9.59 Å². The van der Waals surface area contributed by atoms with Gasteiger partial charge in [-0.25, -0.2) is 0 Å². The van der Waals surface area contributed by atoms with Crippen LogP contribution in [0.5, 0.6) is 0 Å². The molecule has 1 saturated heterocycles. The first-order valence-corrected chi connectivity index (χ1v) is 9.93. The van der Waals surface area contributed by atoms with Crippen LogP contribution < -0.4 is 11.1 Å². The molecule has 3 atom stereocenters. The molecule has 2 aliphatic rings. The molecule has 0 aromatic heterocycles. The van der Waals surface area contributed by atoms with Crippen molar-refractivity contribution in [3.8, 4) is 0 Å². The van der Waals surface area contributed by atoms with Crippen molar-refractivity contribution in [1.82, 2.24) is 10.2 Å². The molecule has 5 nitrogen and oxygen atoms in total. The number of amides is 2. The van der Waals surface area contributed by atoms with Gasteiger partial charge in [-0.15, -0.1) is 0 Å². The lowest BCUT2D eigenvalue weighted by Gasteiger charge is -2.32. The van der Waals surface area contributed by atoms with Crippen LogP contribution in [0.4, 0.5) is 0 Å². The number of likely N-dealkylation sites (tertiary alicyclic amines) is 1. The number of carbonyl (C=O) groups is 2. The quantitative estimate of drug-likeness (QED) is 0.853. The lowest BCUT2D eigenvalue weighted by molar-refractivity contribution is -0.136. The first-order chi connectivity index (χ1) is 13.2. The molecule has 1 saturated carbocycles. The molecule has 2 amide bonds. The number of rotatable bonds is 5. The smallest absolute Gasteiger partial charge is 0.226 e. The molecule has 5 heteroatoms. The summed E-state index contributed by atoms with van der Waals surface area (Å²) in [5.41, 5.74) is 6.74. The zero-order valence-electron chi connectivity index (χ0n) is 15.6. The van der Waals surface area contributed by atoms with Crippen LogP contribution in [-0.4, -0.2) is 42.9 Å². The average molecular weight is 365 g/mol.